The molecule has 0 bridgehead atoms. The van der Waals surface area contributed by atoms with Crippen LogP contribution in [0.15, 0.2) is 29.3 Å². The van der Waals surface area contributed by atoms with Crippen molar-refractivity contribution in [3.05, 3.63) is 35.6 Å². The summed E-state index contributed by atoms with van der Waals surface area (Å²) >= 11 is 2.03. The van der Waals surface area contributed by atoms with Crippen LogP contribution in [0.2, 0.25) is 0 Å². The highest BCUT2D eigenvalue weighted by Crippen LogP contribution is 2.33. The van der Waals surface area contributed by atoms with E-state index in [4.69, 9.17) is 4.74 Å². The van der Waals surface area contributed by atoms with E-state index < -0.39 is 0 Å². The predicted octanol–water partition coefficient (Wildman–Crippen LogP) is 2.32. The highest BCUT2D eigenvalue weighted by atomic mass is 127. The van der Waals surface area contributed by atoms with Crippen molar-refractivity contribution in [3.8, 4) is 0 Å². The Balaban J connectivity index is 0.00000243. The minimum Gasteiger partial charge on any atom is -0.379 e. The molecule has 0 aromatic heterocycles. The average molecular weight is 494 g/mol. The lowest BCUT2D eigenvalue weighted by Crippen LogP contribution is -2.60. The van der Waals surface area contributed by atoms with Crippen molar-refractivity contribution in [2.45, 2.75) is 18.5 Å². The number of benzene rings is 1. The van der Waals surface area contributed by atoms with Gasteiger partial charge in [0.15, 0.2) is 5.96 Å². The zero-order valence-electron chi connectivity index (χ0n) is 15.2. The fraction of sp³-hybridized carbons (Fsp3) is 0.611. The van der Waals surface area contributed by atoms with E-state index in [-0.39, 0.29) is 35.3 Å². The van der Waals surface area contributed by atoms with Gasteiger partial charge in [0, 0.05) is 44.5 Å². The van der Waals surface area contributed by atoms with Crippen LogP contribution in [-0.2, 0) is 11.3 Å². The number of aliphatic imine (C=N–C) groups is 1. The molecule has 1 unspecified atom stereocenters. The summed E-state index contributed by atoms with van der Waals surface area (Å²) in [7, 11) is 1.78. The first-order chi connectivity index (χ1) is 12.2. The number of nitrogens with zero attached hydrogens (tertiary/aromatic N) is 2. The minimum atomic E-state index is -0.211. The van der Waals surface area contributed by atoms with Crippen LogP contribution in [-0.4, -0.2) is 67.8 Å². The molecule has 3 rings (SSSR count). The zero-order chi connectivity index (χ0) is 17.5. The van der Waals surface area contributed by atoms with Crippen molar-refractivity contribution in [1.82, 2.24) is 15.5 Å². The van der Waals surface area contributed by atoms with E-state index in [1.807, 2.05) is 11.8 Å². The first-order valence-corrected chi connectivity index (χ1v) is 9.97. The first-order valence-electron chi connectivity index (χ1n) is 8.81. The molecular formula is C18H28FIN4OS. The lowest BCUT2D eigenvalue weighted by molar-refractivity contribution is -0.0120. The van der Waals surface area contributed by atoms with Gasteiger partial charge < -0.3 is 15.4 Å². The maximum absolute atomic E-state index is 13.0. The van der Waals surface area contributed by atoms with Gasteiger partial charge in [0.2, 0.25) is 0 Å². The molecule has 1 atom stereocenters. The van der Waals surface area contributed by atoms with Crippen LogP contribution in [0.4, 0.5) is 4.39 Å². The van der Waals surface area contributed by atoms with Gasteiger partial charge in [-0.2, -0.15) is 11.8 Å². The number of halogens is 2. The third kappa shape index (κ3) is 5.71. The van der Waals surface area contributed by atoms with E-state index in [0.717, 1.165) is 50.1 Å². The van der Waals surface area contributed by atoms with Crippen molar-refractivity contribution in [1.29, 1.82) is 0 Å². The van der Waals surface area contributed by atoms with Crippen molar-refractivity contribution >= 4 is 41.7 Å². The number of nitrogens with one attached hydrogen (secondary N) is 2. The van der Waals surface area contributed by atoms with Crippen LogP contribution in [0, 0.1) is 5.82 Å². The van der Waals surface area contributed by atoms with Crippen LogP contribution in [0.5, 0.6) is 0 Å². The van der Waals surface area contributed by atoms with Crippen LogP contribution in [0.25, 0.3) is 0 Å². The smallest absolute Gasteiger partial charge is 0.191 e. The van der Waals surface area contributed by atoms with Gasteiger partial charge in [-0.25, -0.2) is 4.39 Å². The van der Waals surface area contributed by atoms with Gasteiger partial charge in [0.1, 0.15) is 5.82 Å². The van der Waals surface area contributed by atoms with Crippen molar-refractivity contribution < 1.29 is 9.13 Å². The molecule has 2 heterocycles. The third-order valence-electron chi connectivity index (χ3n) is 4.95. The summed E-state index contributed by atoms with van der Waals surface area (Å²) in [4.78, 5) is 6.91. The summed E-state index contributed by atoms with van der Waals surface area (Å²) < 4.78 is 18.5. The SMILES string of the molecule is CN=C(NCc1ccc(F)cc1)NCC1(N2CCOCC2)CCSC1.I. The Morgan fingerprint density at radius 3 is 2.62 bits per heavy atom. The Bertz CT molecular complexity index is 575. The second-order valence-electron chi connectivity index (χ2n) is 6.53. The molecule has 146 valence electrons. The van der Waals surface area contributed by atoms with Gasteiger partial charge >= 0.3 is 0 Å². The second-order valence-corrected chi connectivity index (χ2v) is 7.64. The fourth-order valence-electron chi connectivity index (χ4n) is 3.39. The molecule has 26 heavy (non-hydrogen) atoms. The monoisotopic (exact) mass is 494 g/mol. The Labute approximate surface area is 176 Å². The summed E-state index contributed by atoms with van der Waals surface area (Å²) in [6.07, 6.45) is 1.19. The standard InChI is InChI=1S/C18H27FN4OS.HI/c1-20-17(21-12-15-2-4-16(19)5-3-15)22-13-18(6-11-25-14-18)23-7-9-24-10-8-23;/h2-5H,6-14H2,1H3,(H2,20,21,22);1H. The Morgan fingerprint density at radius 1 is 1.27 bits per heavy atom. The van der Waals surface area contributed by atoms with Gasteiger partial charge in [-0.3, -0.25) is 9.89 Å². The summed E-state index contributed by atoms with van der Waals surface area (Å²) in [6.45, 7) is 5.16. The normalized spacial score (nSPS) is 24.2. The highest BCUT2D eigenvalue weighted by molar-refractivity contribution is 14.0. The topological polar surface area (TPSA) is 48.9 Å². The van der Waals surface area contributed by atoms with E-state index in [0.29, 0.717) is 6.54 Å². The van der Waals surface area contributed by atoms with Gasteiger partial charge in [-0.05, 0) is 29.9 Å². The molecule has 5 nitrogen and oxygen atoms in total. The van der Waals surface area contributed by atoms with E-state index >= 15 is 0 Å². The Kier molecular flexibility index (Phi) is 8.92. The molecule has 1 aromatic rings. The van der Waals surface area contributed by atoms with E-state index in [1.54, 1.807) is 19.2 Å². The number of guanidine groups is 1. The quantitative estimate of drug-likeness (QED) is 0.374. The largest absolute Gasteiger partial charge is 0.379 e. The lowest BCUT2D eigenvalue weighted by atomic mass is 9.95. The predicted molar refractivity (Wildman–Crippen MR) is 117 cm³/mol. The molecule has 1 aromatic carbocycles. The molecule has 0 spiro atoms. The second kappa shape index (κ2) is 10.7. The Morgan fingerprint density at radius 2 is 2.00 bits per heavy atom. The first kappa shape index (κ1) is 21.7. The molecule has 2 aliphatic heterocycles. The van der Waals surface area contributed by atoms with Crippen molar-refractivity contribution in [2.75, 3.05) is 51.4 Å². The van der Waals surface area contributed by atoms with E-state index in [1.165, 1.54) is 24.3 Å². The van der Waals surface area contributed by atoms with Crippen molar-refractivity contribution in [3.63, 3.8) is 0 Å². The molecule has 0 amide bonds. The molecule has 2 N–H and O–H groups in total. The maximum Gasteiger partial charge on any atom is 0.191 e. The maximum atomic E-state index is 13.0. The van der Waals surface area contributed by atoms with Crippen LogP contribution in [0.1, 0.15) is 12.0 Å². The molecule has 0 radical (unpaired) electrons. The summed E-state index contributed by atoms with van der Waals surface area (Å²) in [6, 6.07) is 6.55. The van der Waals surface area contributed by atoms with Crippen LogP contribution < -0.4 is 10.6 Å². The minimum absolute atomic E-state index is 0. The lowest BCUT2D eigenvalue weighted by Gasteiger charge is -2.43. The molecular weight excluding hydrogens is 466 g/mol. The zero-order valence-corrected chi connectivity index (χ0v) is 18.3. The summed E-state index contributed by atoms with van der Waals surface area (Å²) in [5.41, 5.74) is 1.21. The van der Waals surface area contributed by atoms with E-state index in [2.05, 4.69) is 20.5 Å². The number of ether oxygens (including phenoxy) is 1. The summed E-state index contributed by atoms with van der Waals surface area (Å²) in [5.74, 6) is 2.93. The van der Waals surface area contributed by atoms with Gasteiger partial charge in [-0.1, -0.05) is 12.1 Å². The average Bonchev–Trinajstić information content (AvgIpc) is 3.14. The van der Waals surface area contributed by atoms with Gasteiger partial charge in [-0.15, -0.1) is 24.0 Å². The highest BCUT2D eigenvalue weighted by Gasteiger charge is 2.40. The third-order valence-corrected chi connectivity index (χ3v) is 6.18. The van der Waals surface area contributed by atoms with Crippen molar-refractivity contribution in [2.24, 2.45) is 4.99 Å². The van der Waals surface area contributed by atoms with E-state index in [9.17, 15) is 4.39 Å². The number of morpholine rings is 1. The molecule has 0 saturated carbocycles. The number of hydrogen-bond acceptors (Lipinski definition) is 4. The fourth-order valence-corrected chi connectivity index (χ4v) is 4.87. The van der Waals surface area contributed by atoms with Gasteiger partial charge in [0.25, 0.3) is 0 Å². The Hall–Kier alpha value is -0.580. The number of thioether (sulfide) groups is 1. The molecule has 8 heteroatoms. The number of rotatable bonds is 5. The molecule has 2 saturated heterocycles. The number of hydrogen-bond donors (Lipinski definition) is 2. The van der Waals surface area contributed by atoms with Gasteiger partial charge in [0.05, 0.1) is 13.2 Å². The molecule has 2 aliphatic rings. The molecule has 0 aliphatic carbocycles. The van der Waals surface area contributed by atoms with Crippen LogP contribution >= 0.6 is 35.7 Å². The molecule has 2 fully saturated rings. The van der Waals surface area contributed by atoms with Crippen LogP contribution in [0.3, 0.4) is 0 Å². The summed E-state index contributed by atoms with van der Waals surface area (Å²) in [5, 5.41) is 6.82.